The van der Waals surface area contributed by atoms with Crippen molar-refractivity contribution in [1.82, 2.24) is 0 Å². The van der Waals surface area contributed by atoms with Gasteiger partial charge in [0, 0.05) is 18.6 Å². The number of carbonyl (C=O) groups is 1. The van der Waals surface area contributed by atoms with Gasteiger partial charge in [0.25, 0.3) is 5.69 Å². The van der Waals surface area contributed by atoms with Crippen molar-refractivity contribution in [3.63, 3.8) is 0 Å². The Morgan fingerprint density at radius 1 is 1.35 bits per heavy atom. The summed E-state index contributed by atoms with van der Waals surface area (Å²) in [5.41, 5.74) is 0.268. The molecule has 1 aromatic rings. The van der Waals surface area contributed by atoms with Gasteiger partial charge in [-0.25, -0.2) is 0 Å². The minimum atomic E-state index is -3.75. The van der Waals surface area contributed by atoms with Gasteiger partial charge in [0.05, 0.1) is 17.1 Å². The second kappa shape index (κ2) is 6.74. The van der Waals surface area contributed by atoms with Gasteiger partial charge in [-0.2, -0.15) is 0 Å². The van der Waals surface area contributed by atoms with Crippen molar-refractivity contribution in [3.8, 4) is 0 Å². The summed E-state index contributed by atoms with van der Waals surface area (Å²) >= 11 is 0. The average molecular weight is 339 g/mol. The number of carbonyl (C=O) groups excluding carboxylic acids is 1. The fraction of sp³-hybridized carbons (Fsp3) is 0.400. The van der Waals surface area contributed by atoms with E-state index in [4.69, 9.17) is 9.05 Å². The SMILES string of the molecule is CC(=O)/C(=C\c1cccc([N+](=O)[O-])c1)P1(=O)O[C@@H](C)C[C@H](C)O1. The van der Waals surface area contributed by atoms with Crippen molar-refractivity contribution < 1.29 is 23.3 Å². The number of ketones is 1. The molecule has 7 nitrogen and oxygen atoms in total. The largest absolute Gasteiger partial charge is 0.365 e. The normalized spacial score (nSPS) is 28.4. The Morgan fingerprint density at radius 3 is 2.48 bits per heavy atom. The number of non-ortho nitro benzene ring substituents is 1. The van der Waals surface area contributed by atoms with Crippen LogP contribution in [0.5, 0.6) is 0 Å². The van der Waals surface area contributed by atoms with Crippen LogP contribution in [-0.4, -0.2) is 22.9 Å². The van der Waals surface area contributed by atoms with Gasteiger partial charge in [-0.1, -0.05) is 12.1 Å². The van der Waals surface area contributed by atoms with E-state index in [9.17, 15) is 19.5 Å². The van der Waals surface area contributed by atoms with Crippen molar-refractivity contribution in [3.05, 3.63) is 45.3 Å². The molecule has 1 aromatic carbocycles. The Labute approximate surface area is 134 Å². The van der Waals surface area contributed by atoms with Crippen molar-refractivity contribution >= 4 is 25.1 Å². The summed E-state index contributed by atoms with van der Waals surface area (Å²) in [6, 6.07) is 5.71. The highest BCUT2D eigenvalue weighted by atomic mass is 31.2. The molecule has 1 fully saturated rings. The van der Waals surface area contributed by atoms with Crippen LogP contribution in [0.2, 0.25) is 0 Å². The molecule has 0 unspecified atom stereocenters. The van der Waals surface area contributed by atoms with Gasteiger partial charge in [-0.05, 0) is 32.4 Å². The van der Waals surface area contributed by atoms with E-state index in [2.05, 4.69) is 0 Å². The second-order valence-electron chi connectivity index (χ2n) is 5.50. The topological polar surface area (TPSA) is 95.7 Å². The van der Waals surface area contributed by atoms with Crippen LogP contribution in [0.25, 0.3) is 6.08 Å². The quantitative estimate of drug-likeness (QED) is 0.357. The summed E-state index contributed by atoms with van der Waals surface area (Å²) in [4.78, 5) is 22.3. The number of allylic oxidation sites excluding steroid dienone is 1. The van der Waals surface area contributed by atoms with E-state index in [1.807, 2.05) is 0 Å². The van der Waals surface area contributed by atoms with Gasteiger partial charge in [0.15, 0.2) is 5.78 Å². The number of nitro benzene ring substituents is 1. The van der Waals surface area contributed by atoms with Crippen molar-refractivity contribution in [1.29, 1.82) is 0 Å². The van der Waals surface area contributed by atoms with Crippen molar-refractivity contribution in [2.45, 2.75) is 39.4 Å². The molecular formula is C15H18NO6P. The first-order valence-electron chi connectivity index (χ1n) is 7.16. The van der Waals surface area contributed by atoms with Gasteiger partial charge in [0.1, 0.15) is 5.31 Å². The highest BCUT2D eigenvalue weighted by Gasteiger charge is 2.40. The third kappa shape index (κ3) is 4.13. The Bertz CT molecular complexity index is 700. The molecule has 1 heterocycles. The molecule has 124 valence electrons. The molecule has 23 heavy (non-hydrogen) atoms. The van der Waals surface area contributed by atoms with E-state index >= 15 is 0 Å². The third-order valence-corrected chi connectivity index (χ3v) is 5.65. The van der Waals surface area contributed by atoms with E-state index < -0.39 is 18.3 Å². The Morgan fingerprint density at radius 2 is 1.96 bits per heavy atom. The van der Waals surface area contributed by atoms with Crippen molar-refractivity contribution in [2.75, 3.05) is 0 Å². The molecule has 0 amide bonds. The zero-order valence-electron chi connectivity index (χ0n) is 13.1. The summed E-state index contributed by atoms with van der Waals surface area (Å²) in [5.74, 6) is -0.457. The molecule has 2 atom stereocenters. The molecule has 0 radical (unpaired) electrons. The first-order chi connectivity index (χ1) is 10.7. The van der Waals surface area contributed by atoms with E-state index in [1.165, 1.54) is 31.2 Å². The Kier molecular flexibility index (Phi) is 5.14. The lowest BCUT2D eigenvalue weighted by Gasteiger charge is -2.32. The number of hydrogen-bond acceptors (Lipinski definition) is 6. The van der Waals surface area contributed by atoms with Gasteiger partial charge >= 0.3 is 7.60 Å². The van der Waals surface area contributed by atoms with Gasteiger partial charge < -0.3 is 9.05 Å². The number of hydrogen-bond donors (Lipinski definition) is 0. The molecule has 0 aromatic heterocycles. The van der Waals surface area contributed by atoms with E-state index in [0.717, 1.165) is 0 Å². The van der Waals surface area contributed by atoms with Crippen LogP contribution in [0.3, 0.4) is 0 Å². The van der Waals surface area contributed by atoms with Gasteiger partial charge in [-0.3, -0.25) is 19.5 Å². The fourth-order valence-electron chi connectivity index (χ4n) is 2.43. The maximum Gasteiger partial charge on any atom is 0.365 e. The number of nitrogens with zero attached hydrogens (tertiary/aromatic N) is 1. The number of benzene rings is 1. The summed E-state index contributed by atoms with van der Waals surface area (Å²) in [6.07, 6.45) is 1.29. The molecule has 0 bridgehead atoms. The van der Waals surface area contributed by atoms with Gasteiger partial charge in [0.2, 0.25) is 0 Å². The molecule has 0 N–H and O–H groups in total. The third-order valence-electron chi connectivity index (χ3n) is 3.34. The molecule has 0 aliphatic carbocycles. The summed E-state index contributed by atoms with van der Waals surface area (Å²) in [7, 11) is -3.75. The zero-order chi connectivity index (χ0) is 17.2. The van der Waals surface area contributed by atoms with Crippen LogP contribution in [-0.2, 0) is 18.4 Å². The smallest absolute Gasteiger partial charge is 0.302 e. The predicted molar refractivity (Wildman–Crippen MR) is 85.1 cm³/mol. The first kappa shape index (κ1) is 17.5. The van der Waals surface area contributed by atoms with Crippen LogP contribution in [0.1, 0.15) is 32.8 Å². The first-order valence-corrected chi connectivity index (χ1v) is 8.70. The molecule has 2 rings (SSSR count). The average Bonchev–Trinajstić information content (AvgIpc) is 2.43. The van der Waals surface area contributed by atoms with E-state index in [-0.39, 0.29) is 23.2 Å². The maximum absolute atomic E-state index is 13.0. The van der Waals surface area contributed by atoms with Gasteiger partial charge in [-0.15, -0.1) is 0 Å². The van der Waals surface area contributed by atoms with Crippen LogP contribution in [0, 0.1) is 10.1 Å². The highest BCUT2D eigenvalue weighted by Crippen LogP contribution is 2.61. The van der Waals surface area contributed by atoms with Crippen molar-refractivity contribution in [2.24, 2.45) is 0 Å². The number of rotatable bonds is 4. The maximum atomic E-state index is 13.0. The Balaban J connectivity index is 2.46. The van der Waals surface area contributed by atoms with E-state index in [1.54, 1.807) is 19.9 Å². The summed E-state index contributed by atoms with van der Waals surface area (Å²) < 4.78 is 23.8. The lowest BCUT2D eigenvalue weighted by Crippen LogP contribution is -2.25. The minimum Gasteiger partial charge on any atom is -0.302 e. The van der Waals surface area contributed by atoms with Crippen LogP contribution >= 0.6 is 7.60 Å². The molecule has 1 aliphatic rings. The predicted octanol–water partition coefficient (Wildman–Crippen LogP) is 3.93. The Hall–Kier alpha value is -1.82. The summed E-state index contributed by atoms with van der Waals surface area (Å²) in [5, 5.41) is 10.7. The molecule has 8 heteroatoms. The van der Waals surface area contributed by atoms with Crippen LogP contribution in [0.15, 0.2) is 29.6 Å². The lowest BCUT2D eigenvalue weighted by molar-refractivity contribution is -0.384. The standard InChI is InChI=1S/C15H18NO6P/c1-10-7-11(2)22-23(20,21-10)15(12(3)17)9-13-5-4-6-14(8-13)16(18)19/h4-6,8-11H,7H2,1-3H3/b15-9+/t10-,11-/m0/s1. The van der Waals surface area contributed by atoms with Crippen LogP contribution in [0.4, 0.5) is 5.69 Å². The lowest BCUT2D eigenvalue weighted by atomic mass is 10.2. The summed E-state index contributed by atoms with van der Waals surface area (Å²) in [6.45, 7) is 4.78. The fourth-order valence-corrected chi connectivity index (χ4v) is 4.51. The second-order valence-corrected chi connectivity index (χ2v) is 7.40. The molecular weight excluding hydrogens is 321 g/mol. The van der Waals surface area contributed by atoms with Crippen LogP contribution < -0.4 is 0 Å². The molecule has 1 saturated heterocycles. The molecule has 0 saturated carbocycles. The number of nitro groups is 1. The number of Topliss-reactive ketones (excluding diaryl/α,β-unsaturated/α-hetero) is 1. The molecule has 1 aliphatic heterocycles. The monoisotopic (exact) mass is 339 g/mol. The zero-order valence-corrected chi connectivity index (χ0v) is 14.0. The molecule has 0 spiro atoms. The minimum absolute atomic E-state index is 0.101. The van der Waals surface area contributed by atoms with E-state index in [0.29, 0.717) is 12.0 Å². The highest BCUT2D eigenvalue weighted by molar-refractivity contribution is 7.60.